The van der Waals surface area contributed by atoms with Crippen molar-refractivity contribution in [1.29, 1.82) is 0 Å². The van der Waals surface area contributed by atoms with Crippen molar-refractivity contribution in [3.8, 4) is 0 Å². The van der Waals surface area contributed by atoms with Crippen LogP contribution in [0.15, 0.2) is 23.0 Å². The SMILES string of the molecule is Cc1cc(N2CCCC2Cn2nc3c(cc2=O)CCCC3)n2nc(C)cc2n1. The highest BCUT2D eigenvalue weighted by Gasteiger charge is 2.28. The molecule has 0 spiro atoms. The van der Waals surface area contributed by atoms with E-state index in [-0.39, 0.29) is 11.6 Å². The number of nitrogens with zero attached hydrogens (tertiary/aromatic N) is 6. The molecule has 1 aliphatic heterocycles. The quantitative estimate of drug-likeness (QED) is 0.700. The maximum atomic E-state index is 12.6. The highest BCUT2D eigenvalue weighted by Crippen LogP contribution is 2.27. The molecule has 1 aliphatic carbocycles. The van der Waals surface area contributed by atoms with Gasteiger partial charge in [-0.3, -0.25) is 4.79 Å². The fraction of sp³-hybridized carbons (Fsp3) is 0.524. The molecule has 0 amide bonds. The second kappa shape index (κ2) is 6.72. The molecule has 0 N–H and O–H groups in total. The molecular weight excluding hydrogens is 352 g/mol. The van der Waals surface area contributed by atoms with Gasteiger partial charge in [-0.15, -0.1) is 0 Å². The Morgan fingerprint density at radius 3 is 2.79 bits per heavy atom. The van der Waals surface area contributed by atoms with Crippen LogP contribution in [0.4, 0.5) is 5.82 Å². The third-order valence-electron chi connectivity index (χ3n) is 5.99. The molecule has 146 valence electrons. The Hall–Kier alpha value is -2.70. The van der Waals surface area contributed by atoms with Crippen LogP contribution in [0, 0.1) is 13.8 Å². The highest BCUT2D eigenvalue weighted by molar-refractivity contribution is 5.53. The molecule has 28 heavy (non-hydrogen) atoms. The molecule has 1 atom stereocenters. The lowest BCUT2D eigenvalue weighted by molar-refractivity contribution is 0.471. The zero-order valence-corrected chi connectivity index (χ0v) is 16.6. The van der Waals surface area contributed by atoms with Crippen LogP contribution in [0.5, 0.6) is 0 Å². The summed E-state index contributed by atoms with van der Waals surface area (Å²) in [5.41, 5.74) is 5.11. The van der Waals surface area contributed by atoms with Gasteiger partial charge in [-0.25, -0.2) is 9.67 Å². The largest absolute Gasteiger partial charge is 0.352 e. The first kappa shape index (κ1) is 17.4. The lowest BCUT2D eigenvalue weighted by Gasteiger charge is -2.27. The molecule has 3 aromatic heterocycles. The van der Waals surface area contributed by atoms with Crippen molar-refractivity contribution in [2.24, 2.45) is 0 Å². The number of fused-ring (bicyclic) bond motifs is 2. The standard InChI is InChI=1S/C21H26N6O/c1-14-11-20(27-19(22-14)10-15(2)23-27)25-9-5-7-17(25)13-26-21(28)12-16-6-3-4-8-18(16)24-26/h10-12,17H,3-9,13H2,1-2H3. The van der Waals surface area contributed by atoms with Gasteiger partial charge in [-0.1, -0.05) is 0 Å². The van der Waals surface area contributed by atoms with Gasteiger partial charge in [0.1, 0.15) is 5.82 Å². The van der Waals surface area contributed by atoms with Gasteiger partial charge in [0.15, 0.2) is 5.65 Å². The Morgan fingerprint density at radius 1 is 1.04 bits per heavy atom. The first-order valence-electron chi connectivity index (χ1n) is 10.3. The minimum atomic E-state index is 0.0264. The molecule has 0 saturated carbocycles. The van der Waals surface area contributed by atoms with Gasteiger partial charge in [-0.2, -0.15) is 14.7 Å². The molecule has 7 nitrogen and oxygen atoms in total. The zero-order chi connectivity index (χ0) is 19.3. The summed E-state index contributed by atoms with van der Waals surface area (Å²) in [7, 11) is 0. The third-order valence-corrected chi connectivity index (χ3v) is 5.99. The minimum absolute atomic E-state index is 0.0264. The molecule has 3 aromatic rings. The summed E-state index contributed by atoms with van der Waals surface area (Å²) in [6.45, 7) is 5.59. The van der Waals surface area contributed by atoms with Gasteiger partial charge in [0.05, 0.1) is 24.0 Å². The van der Waals surface area contributed by atoms with Crippen molar-refractivity contribution in [2.75, 3.05) is 11.4 Å². The van der Waals surface area contributed by atoms with Crippen molar-refractivity contribution in [3.05, 3.63) is 51.2 Å². The molecular formula is C21H26N6O. The van der Waals surface area contributed by atoms with Gasteiger partial charge in [0.25, 0.3) is 5.56 Å². The fourth-order valence-corrected chi connectivity index (χ4v) is 4.66. The maximum Gasteiger partial charge on any atom is 0.267 e. The van der Waals surface area contributed by atoms with Crippen LogP contribution in [0.2, 0.25) is 0 Å². The van der Waals surface area contributed by atoms with Gasteiger partial charge < -0.3 is 4.90 Å². The third kappa shape index (κ3) is 2.99. The monoisotopic (exact) mass is 378 g/mol. The Kier molecular flexibility index (Phi) is 4.18. The van der Waals surface area contributed by atoms with Crippen molar-refractivity contribution in [3.63, 3.8) is 0 Å². The number of rotatable bonds is 3. The van der Waals surface area contributed by atoms with E-state index in [2.05, 4.69) is 21.0 Å². The van der Waals surface area contributed by atoms with Crippen LogP contribution in [0.25, 0.3) is 5.65 Å². The van der Waals surface area contributed by atoms with E-state index < -0.39 is 0 Å². The van der Waals surface area contributed by atoms with Crippen LogP contribution < -0.4 is 10.5 Å². The fourth-order valence-electron chi connectivity index (χ4n) is 4.66. The lowest BCUT2D eigenvalue weighted by atomic mass is 9.97. The van der Waals surface area contributed by atoms with Crippen LogP contribution >= 0.6 is 0 Å². The van der Waals surface area contributed by atoms with Gasteiger partial charge in [0.2, 0.25) is 0 Å². The number of aryl methyl sites for hydroxylation is 4. The molecule has 1 unspecified atom stereocenters. The average molecular weight is 378 g/mol. The highest BCUT2D eigenvalue weighted by atomic mass is 16.1. The summed E-state index contributed by atoms with van der Waals surface area (Å²) in [6.07, 6.45) is 6.46. The molecule has 1 fully saturated rings. The van der Waals surface area contributed by atoms with E-state index in [0.717, 1.165) is 72.8 Å². The summed E-state index contributed by atoms with van der Waals surface area (Å²) < 4.78 is 3.62. The molecule has 1 saturated heterocycles. The van der Waals surface area contributed by atoms with Crippen LogP contribution in [-0.4, -0.2) is 37.0 Å². The smallest absolute Gasteiger partial charge is 0.267 e. The van der Waals surface area contributed by atoms with Gasteiger partial charge in [0, 0.05) is 30.4 Å². The Balaban J connectivity index is 1.50. The second-order valence-electron chi connectivity index (χ2n) is 8.14. The molecule has 7 heteroatoms. The van der Waals surface area contributed by atoms with Crippen molar-refractivity contribution in [1.82, 2.24) is 24.4 Å². The van der Waals surface area contributed by atoms with E-state index in [1.54, 1.807) is 4.68 Å². The zero-order valence-electron chi connectivity index (χ0n) is 16.6. The number of aromatic nitrogens is 5. The van der Waals surface area contributed by atoms with Crippen LogP contribution in [0.3, 0.4) is 0 Å². The van der Waals surface area contributed by atoms with Gasteiger partial charge in [-0.05, 0) is 57.9 Å². The van der Waals surface area contributed by atoms with E-state index >= 15 is 0 Å². The molecule has 2 aliphatic rings. The van der Waals surface area contributed by atoms with Crippen LogP contribution in [-0.2, 0) is 19.4 Å². The molecule has 5 rings (SSSR count). The Morgan fingerprint density at radius 2 is 1.89 bits per heavy atom. The summed E-state index contributed by atoms with van der Waals surface area (Å²) in [4.78, 5) is 19.6. The summed E-state index contributed by atoms with van der Waals surface area (Å²) in [6, 6.07) is 6.16. The normalized spacial score (nSPS) is 19.4. The molecule has 0 aromatic carbocycles. The first-order valence-corrected chi connectivity index (χ1v) is 10.3. The summed E-state index contributed by atoms with van der Waals surface area (Å²) >= 11 is 0. The van der Waals surface area contributed by atoms with Crippen molar-refractivity contribution < 1.29 is 0 Å². The van der Waals surface area contributed by atoms with E-state index in [9.17, 15) is 4.79 Å². The number of anilines is 1. The van der Waals surface area contributed by atoms with E-state index in [4.69, 9.17) is 5.10 Å². The van der Waals surface area contributed by atoms with Crippen molar-refractivity contribution >= 4 is 11.5 Å². The van der Waals surface area contributed by atoms with Gasteiger partial charge >= 0.3 is 0 Å². The topological polar surface area (TPSA) is 68.3 Å². The first-order chi connectivity index (χ1) is 13.6. The molecule has 0 bridgehead atoms. The molecule has 0 radical (unpaired) electrons. The molecule has 4 heterocycles. The van der Waals surface area contributed by atoms with Crippen LogP contribution in [0.1, 0.15) is 48.3 Å². The van der Waals surface area contributed by atoms with E-state index in [1.807, 2.05) is 30.5 Å². The predicted molar refractivity (Wildman–Crippen MR) is 108 cm³/mol. The Bertz CT molecular complexity index is 1100. The summed E-state index contributed by atoms with van der Waals surface area (Å²) in [5, 5.41) is 9.37. The number of hydrogen-bond donors (Lipinski definition) is 0. The lowest BCUT2D eigenvalue weighted by Crippen LogP contribution is -2.38. The number of hydrogen-bond acceptors (Lipinski definition) is 5. The second-order valence-corrected chi connectivity index (χ2v) is 8.14. The van der Waals surface area contributed by atoms with Crippen molar-refractivity contribution in [2.45, 2.75) is 65.0 Å². The van der Waals surface area contributed by atoms with E-state index in [1.165, 1.54) is 6.42 Å². The predicted octanol–water partition coefficient (Wildman–Crippen LogP) is 2.45. The maximum absolute atomic E-state index is 12.6. The average Bonchev–Trinajstić information content (AvgIpc) is 3.27. The Labute approximate surface area is 164 Å². The van der Waals surface area contributed by atoms with E-state index in [0.29, 0.717) is 6.54 Å². The summed E-state index contributed by atoms with van der Waals surface area (Å²) in [5.74, 6) is 1.06. The minimum Gasteiger partial charge on any atom is -0.352 e.